The summed E-state index contributed by atoms with van der Waals surface area (Å²) < 4.78 is 61.7. The molecule has 0 aliphatic carbocycles. The number of hydrogen-bond acceptors (Lipinski definition) is 2. The molecule has 1 aromatic heterocycles. The molecule has 2 nitrogen and oxygen atoms in total. The van der Waals surface area contributed by atoms with Gasteiger partial charge < -0.3 is 5.32 Å². The molecule has 1 N–H and O–H groups in total. The van der Waals surface area contributed by atoms with E-state index in [1.165, 1.54) is 0 Å². The second kappa shape index (κ2) is 5.16. The number of pyridine rings is 1. The summed E-state index contributed by atoms with van der Waals surface area (Å²) in [5.41, 5.74) is -0.406. The molecule has 0 spiro atoms. The molecular formula is C9H8BrF5N2. The molecule has 0 aromatic carbocycles. The van der Waals surface area contributed by atoms with Crippen molar-refractivity contribution in [3.8, 4) is 0 Å². The van der Waals surface area contributed by atoms with Crippen molar-refractivity contribution in [2.75, 3.05) is 5.32 Å². The molecule has 0 bridgehead atoms. The van der Waals surface area contributed by atoms with Crippen LogP contribution in [0.2, 0.25) is 0 Å². The Balaban J connectivity index is 2.90. The molecule has 0 amide bonds. The van der Waals surface area contributed by atoms with Gasteiger partial charge in [0.1, 0.15) is 11.9 Å². The van der Waals surface area contributed by atoms with Gasteiger partial charge in [-0.2, -0.15) is 13.2 Å². The van der Waals surface area contributed by atoms with E-state index in [-0.39, 0.29) is 10.3 Å². The van der Waals surface area contributed by atoms with Crippen LogP contribution in [-0.4, -0.2) is 17.2 Å². The number of hydrogen-bond donors (Lipinski definition) is 1. The zero-order valence-corrected chi connectivity index (χ0v) is 10.1. The third kappa shape index (κ3) is 3.79. The van der Waals surface area contributed by atoms with E-state index < -0.39 is 24.2 Å². The third-order valence-electron chi connectivity index (χ3n) is 1.98. The molecule has 96 valence electrons. The van der Waals surface area contributed by atoms with E-state index in [0.29, 0.717) is 0 Å². The summed E-state index contributed by atoms with van der Waals surface area (Å²) in [6, 6.07) is -0.974. The normalized spacial score (nSPS) is 13.9. The molecule has 8 heteroatoms. The highest BCUT2D eigenvalue weighted by Crippen LogP contribution is 2.29. The van der Waals surface area contributed by atoms with Gasteiger partial charge in [0.25, 0.3) is 6.43 Å². The first-order chi connectivity index (χ1) is 7.71. The van der Waals surface area contributed by atoms with Crippen molar-refractivity contribution in [3.63, 3.8) is 0 Å². The number of anilines is 1. The Morgan fingerprint density at radius 1 is 1.35 bits per heavy atom. The monoisotopic (exact) mass is 318 g/mol. The van der Waals surface area contributed by atoms with Gasteiger partial charge in [0.15, 0.2) is 0 Å². The molecular weight excluding hydrogens is 311 g/mol. The number of halogens is 6. The molecule has 17 heavy (non-hydrogen) atoms. The van der Waals surface area contributed by atoms with Crippen molar-refractivity contribution in [1.29, 1.82) is 0 Å². The van der Waals surface area contributed by atoms with E-state index in [0.717, 1.165) is 19.2 Å². The van der Waals surface area contributed by atoms with Crippen molar-refractivity contribution >= 4 is 21.7 Å². The zero-order valence-electron chi connectivity index (χ0n) is 8.52. The molecule has 1 aromatic rings. The second-order valence-corrected chi connectivity index (χ2v) is 4.15. The molecule has 0 saturated heterocycles. The van der Waals surface area contributed by atoms with Crippen LogP contribution in [-0.2, 0) is 0 Å². The smallest absolute Gasteiger partial charge is 0.359 e. The van der Waals surface area contributed by atoms with Crippen LogP contribution >= 0.6 is 15.9 Å². The fourth-order valence-electron chi connectivity index (χ4n) is 1.00. The Labute approximate surface area is 102 Å². The lowest BCUT2D eigenvalue weighted by Crippen LogP contribution is -2.33. The van der Waals surface area contributed by atoms with Gasteiger partial charge in [-0.3, -0.25) is 0 Å². The van der Waals surface area contributed by atoms with Gasteiger partial charge in [-0.1, -0.05) is 0 Å². The van der Waals surface area contributed by atoms with Gasteiger partial charge in [0.05, 0.1) is 0 Å². The molecule has 0 radical (unpaired) electrons. The highest BCUT2D eigenvalue weighted by molar-refractivity contribution is 9.10. The van der Waals surface area contributed by atoms with E-state index in [1.807, 2.05) is 5.32 Å². The van der Waals surface area contributed by atoms with Crippen molar-refractivity contribution in [1.82, 2.24) is 4.98 Å². The number of rotatable bonds is 3. The van der Waals surface area contributed by atoms with Crippen LogP contribution in [0.25, 0.3) is 0 Å². The van der Waals surface area contributed by atoms with Gasteiger partial charge in [0.2, 0.25) is 0 Å². The predicted molar refractivity (Wildman–Crippen MR) is 56.0 cm³/mol. The summed E-state index contributed by atoms with van der Waals surface area (Å²) in [5.74, 6) is -0.242. The summed E-state index contributed by atoms with van der Waals surface area (Å²) in [7, 11) is 0. The fraction of sp³-hybridized carbons (Fsp3) is 0.444. The number of aromatic nitrogens is 1. The topological polar surface area (TPSA) is 24.9 Å². The standard InChI is InChI=1S/C9H8BrF5N2/c1-4(9(13,14)15)17-7-2-5(8(11)12)6(10)3-16-7/h2-4,8H,1H3,(H,16,17)/t4-/m0/s1. The second-order valence-electron chi connectivity index (χ2n) is 3.30. The van der Waals surface area contributed by atoms with Crippen LogP contribution in [0, 0.1) is 0 Å². The highest BCUT2D eigenvalue weighted by atomic mass is 79.9. The van der Waals surface area contributed by atoms with Crippen molar-refractivity contribution in [2.45, 2.75) is 25.6 Å². The predicted octanol–water partition coefficient (Wildman–Crippen LogP) is 4.14. The van der Waals surface area contributed by atoms with Gasteiger partial charge in [-0.25, -0.2) is 13.8 Å². The number of alkyl halides is 5. The number of nitrogens with one attached hydrogen (secondary N) is 1. The molecule has 0 aliphatic rings. The first-order valence-corrected chi connectivity index (χ1v) is 5.28. The lowest BCUT2D eigenvalue weighted by Gasteiger charge is -2.18. The van der Waals surface area contributed by atoms with Crippen LogP contribution in [0.3, 0.4) is 0 Å². The Morgan fingerprint density at radius 3 is 2.41 bits per heavy atom. The van der Waals surface area contributed by atoms with Crippen molar-refractivity contribution in [3.05, 3.63) is 22.3 Å². The fourth-order valence-corrected chi connectivity index (χ4v) is 1.39. The maximum Gasteiger partial charge on any atom is 0.408 e. The first-order valence-electron chi connectivity index (χ1n) is 4.48. The molecule has 1 atom stereocenters. The van der Waals surface area contributed by atoms with E-state index in [2.05, 4.69) is 20.9 Å². The maximum atomic E-state index is 12.5. The van der Waals surface area contributed by atoms with Gasteiger partial charge in [0, 0.05) is 16.2 Å². The Morgan fingerprint density at radius 2 is 1.94 bits per heavy atom. The van der Waals surface area contributed by atoms with Gasteiger partial charge >= 0.3 is 6.18 Å². The first kappa shape index (κ1) is 14.1. The molecule has 0 aliphatic heterocycles. The van der Waals surface area contributed by atoms with E-state index >= 15 is 0 Å². The summed E-state index contributed by atoms with van der Waals surface area (Å²) >= 11 is 2.84. The summed E-state index contributed by atoms with van der Waals surface area (Å²) in [4.78, 5) is 3.58. The van der Waals surface area contributed by atoms with E-state index in [9.17, 15) is 22.0 Å². The molecule has 0 fully saturated rings. The lowest BCUT2D eigenvalue weighted by molar-refractivity contribution is -0.138. The van der Waals surface area contributed by atoms with Gasteiger partial charge in [-0.15, -0.1) is 0 Å². The molecule has 0 unspecified atom stereocenters. The van der Waals surface area contributed by atoms with Gasteiger partial charge in [-0.05, 0) is 28.9 Å². The van der Waals surface area contributed by atoms with Crippen LogP contribution in [0.5, 0.6) is 0 Å². The minimum atomic E-state index is -4.46. The minimum absolute atomic E-state index is 0.0534. The summed E-state index contributed by atoms with van der Waals surface area (Å²) in [5, 5.41) is 2.01. The third-order valence-corrected chi connectivity index (χ3v) is 2.64. The van der Waals surface area contributed by atoms with Crippen molar-refractivity contribution < 1.29 is 22.0 Å². The average Bonchev–Trinajstić information content (AvgIpc) is 2.19. The molecule has 0 saturated carbocycles. The molecule has 1 heterocycles. The zero-order chi connectivity index (χ0) is 13.2. The quantitative estimate of drug-likeness (QED) is 0.847. The van der Waals surface area contributed by atoms with Crippen LogP contribution in [0.15, 0.2) is 16.7 Å². The lowest BCUT2D eigenvalue weighted by atomic mass is 10.2. The van der Waals surface area contributed by atoms with Crippen molar-refractivity contribution in [2.24, 2.45) is 0 Å². The Bertz CT molecular complexity index is 393. The highest BCUT2D eigenvalue weighted by Gasteiger charge is 2.36. The van der Waals surface area contributed by atoms with E-state index in [1.54, 1.807) is 0 Å². The van der Waals surface area contributed by atoms with Crippen LogP contribution in [0.1, 0.15) is 18.9 Å². The summed E-state index contributed by atoms with van der Waals surface area (Å²) in [6.45, 7) is 0.881. The van der Waals surface area contributed by atoms with Crippen LogP contribution < -0.4 is 5.32 Å². The maximum absolute atomic E-state index is 12.5. The molecule has 1 rings (SSSR count). The number of nitrogens with zero attached hydrogens (tertiary/aromatic N) is 1. The Kier molecular flexibility index (Phi) is 4.29. The Hall–Kier alpha value is -0.920. The van der Waals surface area contributed by atoms with Crippen LogP contribution in [0.4, 0.5) is 27.8 Å². The SMILES string of the molecule is C[C@H](Nc1cc(C(F)F)c(Br)cn1)C(F)(F)F. The summed E-state index contributed by atoms with van der Waals surface area (Å²) in [6.07, 6.45) is -6.21. The minimum Gasteiger partial charge on any atom is -0.359 e. The average molecular weight is 319 g/mol. The van der Waals surface area contributed by atoms with E-state index in [4.69, 9.17) is 0 Å². The largest absolute Gasteiger partial charge is 0.408 e.